The van der Waals surface area contributed by atoms with E-state index in [9.17, 15) is 10.2 Å². The summed E-state index contributed by atoms with van der Waals surface area (Å²) in [6.45, 7) is 2.05. The van der Waals surface area contributed by atoms with Crippen molar-refractivity contribution in [1.29, 1.82) is 0 Å². The Labute approximate surface area is 206 Å². The first-order chi connectivity index (χ1) is 17.2. The molecule has 3 N–H and O–H groups in total. The number of aliphatic hydroxyl groups excluding tert-OH is 1. The van der Waals surface area contributed by atoms with Crippen molar-refractivity contribution in [2.45, 2.75) is 25.7 Å². The van der Waals surface area contributed by atoms with Crippen LogP contribution in [0.4, 0.5) is 0 Å². The number of ether oxygens (including phenoxy) is 2. The largest absolute Gasteiger partial charge is 0.504 e. The van der Waals surface area contributed by atoms with Gasteiger partial charge in [-0.1, -0.05) is 78.9 Å². The maximum absolute atomic E-state index is 10.5. The number of benzene rings is 4. The van der Waals surface area contributed by atoms with Crippen LogP contribution in [0.15, 0.2) is 103 Å². The molecular weight excluding hydrogens is 438 g/mol. The highest BCUT2D eigenvalue weighted by Gasteiger charge is 2.09. The van der Waals surface area contributed by atoms with Crippen LogP contribution in [-0.2, 0) is 19.6 Å². The van der Waals surface area contributed by atoms with E-state index in [0.29, 0.717) is 32.1 Å². The summed E-state index contributed by atoms with van der Waals surface area (Å²) in [5.41, 5.74) is 4.05. The molecule has 0 aliphatic carbocycles. The molecule has 0 bridgehead atoms. The number of aliphatic hydroxyl groups is 1. The standard InChI is InChI=1S/C30H31NO4/c32-28-16-11-23(19-30(28)35-22-25-9-5-2-6-10-25)17-18-31-20-29(33)26-12-14-27(15-13-26)34-21-24-7-3-1-4-8-24/h1-16,19,29,31-33H,17-18,20-22H2. The molecule has 0 radical (unpaired) electrons. The molecule has 5 nitrogen and oxygen atoms in total. The fraction of sp³-hybridized carbons (Fsp3) is 0.200. The molecule has 0 fully saturated rings. The first-order valence-electron chi connectivity index (χ1n) is 11.8. The monoisotopic (exact) mass is 469 g/mol. The van der Waals surface area contributed by atoms with E-state index in [2.05, 4.69) is 5.32 Å². The Balaban J connectivity index is 1.20. The number of hydrogen-bond acceptors (Lipinski definition) is 5. The molecule has 0 aliphatic heterocycles. The third-order valence-electron chi connectivity index (χ3n) is 5.70. The minimum absolute atomic E-state index is 0.129. The van der Waals surface area contributed by atoms with Crippen LogP contribution < -0.4 is 14.8 Å². The smallest absolute Gasteiger partial charge is 0.161 e. The van der Waals surface area contributed by atoms with Crippen molar-refractivity contribution in [3.8, 4) is 17.2 Å². The van der Waals surface area contributed by atoms with E-state index < -0.39 is 6.10 Å². The van der Waals surface area contributed by atoms with Crippen molar-refractivity contribution in [3.05, 3.63) is 125 Å². The zero-order valence-corrected chi connectivity index (χ0v) is 19.6. The third kappa shape index (κ3) is 7.60. The molecule has 0 saturated carbocycles. The van der Waals surface area contributed by atoms with Gasteiger partial charge in [-0.3, -0.25) is 0 Å². The van der Waals surface area contributed by atoms with E-state index in [-0.39, 0.29) is 5.75 Å². The summed E-state index contributed by atoms with van der Waals surface area (Å²) in [5.74, 6) is 1.38. The quantitative estimate of drug-likeness (QED) is 0.242. The molecule has 1 unspecified atom stereocenters. The number of aromatic hydroxyl groups is 1. The predicted molar refractivity (Wildman–Crippen MR) is 138 cm³/mol. The SMILES string of the molecule is Oc1ccc(CCNCC(O)c2ccc(OCc3ccccc3)cc2)cc1OCc1ccccc1. The van der Waals surface area contributed by atoms with Crippen LogP contribution in [0.1, 0.15) is 28.4 Å². The number of nitrogens with one attached hydrogen (secondary N) is 1. The Morgan fingerprint density at radius 2 is 1.31 bits per heavy atom. The molecule has 4 aromatic carbocycles. The lowest BCUT2D eigenvalue weighted by Crippen LogP contribution is -2.23. The van der Waals surface area contributed by atoms with Gasteiger partial charge >= 0.3 is 0 Å². The van der Waals surface area contributed by atoms with Gasteiger partial charge in [-0.15, -0.1) is 0 Å². The zero-order valence-electron chi connectivity index (χ0n) is 19.6. The first kappa shape index (κ1) is 24.3. The van der Waals surface area contributed by atoms with Crippen molar-refractivity contribution in [3.63, 3.8) is 0 Å². The summed E-state index contributed by atoms with van der Waals surface area (Å²) >= 11 is 0. The Morgan fingerprint density at radius 1 is 0.686 bits per heavy atom. The second-order valence-electron chi connectivity index (χ2n) is 8.39. The van der Waals surface area contributed by atoms with Crippen LogP contribution in [0.5, 0.6) is 17.2 Å². The van der Waals surface area contributed by atoms with Crippen molar-refractivity contribution < 1.29 is 19.7 Å². The number of phenols is 1. The average molecular weight is 470 g/mol. The normalized spacial score (nSPS) is 11.7. The maximum Gasteiger partial charge on any atom is 0.161 e. The van der Waals surface area contributed by atoms with Crippen molar-refractivity contribution in [2.24, 2.45) is 0 Å². The Hall–Kier alpha value is -3.80. The Kier molecular flexibility index (Phi) is 8.76. The van der Waals surface area contributed by atoms with E-state index in [0.717, 1.165) is 34.4 Å². The van der Waals surface area contributed by atoms with Crippen LogP contribution in [-0.4, -0.2) is 23.3 Å². The minimum Gasteiger partial charge on any atom is -0.504 e. The van der Waals surface area contributed by atoms with E-state index in [1.807, 2.05) is 97.1 Å². The van der Waals surface area contributed by atoms with Crippen molar-refractivity contribution >= 4 is 0 Å². The van der Waals surface area contributed by atoms with Gasteiger partial charge in [0.05, 0.1) is 6.10 Å². The molecule has 4 aromatic rings. The molecule has 0 heterocycles. The predicted octanol–water partition coefficient (Wildman–Crippen LogP) is 5.42. The highest BCUT2D eigenvalue weighted by atomic mass is 16.5. The lowest BCUT2D eigenvalue weighted by Gasteiger charge is -2.14. The summed E-state index contributed by atoms with van der Waals surface area (Å²) in [7, 11) is 0. The van der Waals surface area contributed by atoms with Gasteiger partial charge in [0.1, 0.15) is 19.0 Å². The maximum atomic E-state index is 10.5. The van der Waals surface area contributed by atoms with Crippen LogP contribution in [0, 0.1) is 0 Å². The van der Waals surface area contributed by atoms with E-state index in [1.54, 1.807) is 6.07 Å². The van der Waals surface area contributed by atoms with E-state index in [1.165, 1.54) is 0 Å². The lowest BCUT2D eigenvalue weighted by molar-refractivity contribution is 0.175. The second-order valence-corrected chi connectivity index (χ2v) is 8.39. The summed E-state index contributed by atoms with van der Waals surface area (Å²) in [6.07, 6.45) is 0.142. The number of phenolic OH excluding ortho intramolecular Hbond substituents is 1. The van der Waals surface area contributed by atoms with Crippen LogP contribution in [0.2, 0.25) is 0 Å². The van der Waals surface area contributed by atoms with Crippen LogP contribution in [0.3, 0.4) is 0 Å². The molecule has 0 spiro atoms. The van der Waals surface area contributed by atoms with E-state index in [4.69, 9.17) is 9.47 Å². The van der Waals surface area contributed by atoms with Gasteiger partial charge in [-0.2, -0.15) is 0 Å². The van der Waals surface area contributed by atoms with E-state index >= 15 is 0 Å². The molecule has 5 heteroatoms. The molecule has 0 amide bonds. The minimum atomic E-state index is -0.609. The Bertz CT molecular complexity index is 1160. The van der Waals surface area contributed by atoms with Gasteiger partial charge in [0.25, 0.3) is 0 Å². The summed E-state index contributed by atoms with van der Waals surface area (Å²) in [5, 5.41) is 23.9. The average Bonchev–Trinajstić information content (AvgIpc) is 2.91. The van der Waals surface area contributed by atoms with Gasteiger partial charge in [-0.25, -0.2) is 0 Å². The van der Waals surface area contributed by atoms with Crippen LogP contribution in [0.25, 0.3) is 0 Å². The Morgan fingerprint density at radius 3 is 1.97 bits per heavy atom. The summed E-state index contributed by atoms with van der Waals surface area (Å²) in [4.78, 5) is 0. The number of hydrogen-bond donors (Lipinski definition) is 3. The highest BCUT2D eigenvalue weighted by molar-refractivity contribution is 5.42. The molecule has 0 saturated heterocycles. The second kappa shape index (κ2) is 12.6. The number of rotatable bonds is 12. The van der Waals surface area contributed by atoms with Gasteiger partial charge in [0, 0.05) is 6.54 Å². The molecule has 1 atom stereocenters. The topological polar surface area (TPSA) is 71.0 Å². The van der Waals surface area contributed by atoms with Crippen LogP contribution >= 0.6 is 0 Å². The van der Waals surface area contributed by atoms with Gasteiger partial charge < -0.3 is 25.0 Å². The lowest BCUT2D eigenvalue weighted by atomic mass is 10.1. The van der Waals surface area contributed by atoms with Crippen molar-refractivity contribution in [1.82, 2.24) is 5.32 Å². The molecule has 0 aromatic heterocycles. The first-order valence-corrected chi connectivity index (χ1v) is 11.8. The summed E-state index contributed by atoms with van der Waals surface area (Å²) in [6, 6.07) is 32.8. The molecule has 0 aliphatic rings. The molecule has 4 rings (SSSR count). The summed E-state index contributed by atoms with van der Waals surface area (Å²) < 4.78 is 11.6. The van der Waals surface area contributed by atoms with Crippen molar-refractivity contribution in [2.75, 3.05) is 13.1 Å². The molecule has 35 heavy (non-hydrogen) atoms. The highest BCUT2D eigenvalue weighted by Crippen LogP contribution is 2.28. The third-order valence-corrected chi connectivity index (χ3v) is 5.70. The fourth-order valence-electron chi connectivity index (χ4n) is 3.68. The zero-order chi connectivity index (χ0) is 24.3. The molecular formula is C30H31NO4. The molecule has 180 valence electrons. The van der Waals surface area contributed by atoms with Gasteiger partial charge in [0.2, 0.25) is 0 Å². The van der Waals surface area contributed by atoms with Gasteiger partial charge in [0.15, 0.2) is 11.5 Å². The van der Waals surface area contributed by atoms with Gasteiger partial charge in [-0.05, 0) is 59.5 Å². The fourth-order valence-corrected chi connectivity index (χ4v) is 3.68.